The van der Waals surface area contributed by atoms with Crippen LogP contribution in [0.4, 0.5) is 0 Å². The van der Waals surface area contributed by atoms with Crippen LogP contribution in [0.25, 0.3) is 0 Å². The number of hydrogen-bond donors (Lipinski definition) is 2. The van der Waals surface area contributed by atoms with Crippen LogP contribution in [-0.4, -0.2) is 33.5 Å². The zero-order chi connectivity index (χ0) is 14.2. The number of benzene rings is 1. The molecule has 0 bridgehead atoms. The Labute approximate surface area is 112 Å². The number of aliphatic carboxylic acids is 1. The number of carboxylic acid groups (broad SMARTS) is 1. The first-order valence-electron chi connectivity index (χ1n) is 6.20. The molecule has 1 aliphatic heterocycles. The first-order valence-corrected chi connectivity index (χ1v) is 6.20. The fraction of sp³-hybridized carbons (Fsp3) is 0.429. The maximum absolute atomic E-state index is 12.3. The summed E-state index contributed by atoms with van der Waals surface area (Å²) in [6.07, 6.45) is 0.327. The molecule has 5 heteroatoms. The second-order valence-corrected chi connectivity index (χ2v) is 5.48. The van der Waals surface area contributed by atoms with Gasteiger partial charge in [-0.25, -0.2) is 4.79 Å². The molecule has 1 atom stereocenters. The SMILES string of the molecule is CC(C)(N)C(=O)N1Cc2ccccc2C[C@@H]1C(=O)O. The van der Waals surface area contributed by atoms with Crippen LogP contribution in [0.5, 0.6) is 0 Å². The number of carboxylic acids is 1. The molecule has 1 aromatic rings. The Morgan fingerprint density at radius 1 is 1.32 bits per heavy atom. The van der Waals surface area contributed by atoms with Crippen LogP contribution in [0.2, 0.25) is 0 Å². The Morgan fingerprint density at radius 3 is 2.42 bits per heavy atom. The average Bonchev–Trinajstić information content (AvgIpc) is 2.35. The fourth-order valence-electron chi connectivity index (χ4n) is 2.33. The lowest BCUT2D eigenvalue weighted by atomic mass is 9.92. The van der Waals surface area contributed by atoms with Crippen LogP contribution in [0, 0.1) is 0 Å². The fourth-order valence-corrected chi connectivity index (χ4v) is 2.33. The lowest BCUT2D eigenvalue weighted by molar-refractivity contribution is -0.153. The van der Waals surface area contributed by atoms with E-state index >= 15 is 0 Å². The molecule has 0 spiro atoms. The van der Waals surface area contributed by atoms with E-state index < -0.39 is 17.6 Å². The smallest absolute Gasteiger partial charge is 0.326 e. The van der Waals surface area contributed by atoms with Gasteiger partial charge in [-0.15, -0.1) is 0 Å². The van der Waals surface area contributed by atoms with Crippen molar-refractivity contribution in [3.05, 3.63) is 35.4 Å². The minimum absolute atomic E-state index is 0.298. The van der Waals surface area contributed by atoms with Gasteiger partial charge in [0.2, 0.25) is 5.91 Å². The molecule has 0 fully saturated rings. The molecule has 1 aromatic carbocycles. The first kappa shape index (κ1) is 13.5. The second kappa shape index (κ2) is 4.66. The van der Waals surface area contributed by atoms with Gasteiger partial charge in [0.25, 0.3) is 0 Å². The number of hydrogen-bond acceptors (Lipinski definition) is 3. The van der Waals surface area contributed by atoms with Crippen molar-refractivity contribution in [3.63, 3.8) is 0 Å². The van der Waals surface area contributed by atoms with Crippen molar-refractivity contribution < 1.29 is 14.7 Å². The molecule has 5 nitrogen and oxygen atoms in total. The molecule has 0 aromatic heterocycles. The van der Waals surface area contributed by atoms with Gasteiger partial charge < -0.3 is 15.7 Å². The highest BCUT2D eigenvalue weighted by molar-refractivity contribution is 5.90. The van der Waals surface area contributed by atoms with Crippen LogP contribution in [-0.2, 0) is 22.6 Å². The summed E-state index contributed by atoms with van der Waals surface area (Å²) in [4.78, 5) is 25.0. The van der Waals surface area contributed by atoms with E-state index in [1.807, 2.05) is 24.3 Å². The van der Waals surface area contributed by atoms with Gasteiger partial charge >= 0.3 is 5.97 Å². The average molecular weight is 262 g/mol. The van der Waals surface area contributed by atoms with Crippen molar-refractivity contribution in [2.24, 2.45) is 5.73 Å². The largest absolute Gasteiger partial charge is 0.480 e. The van der Waals surface area contributed by atoms with Crippen molar-refractivity contribution in [2.45, 2.75) is 38.4 Å². The minimum Gasteiger partial charge on any atom is -0.480 e. The third kappa shape index (κ3) is 2.61. The summed E-state index contributed by atoms with van der Waals surface area (Å²) in [6, 6.07) is 6.74. The predicted octanol–water partition coefficient (Wildman–Crippen LogP) is 0.762. The van der Waals surface area contributed by atoms with E-state index in [1.165, 1.54) is 4.90 Å². The van der Waals surface area contributed by atoms with Crippen molar-refractivity contribution in [2.75, 3.05) is 0 Å². The van der Waals surface area contributed by atoms with E-state index in [0.29, 0.717) is 13.0 Å². The lowest BCUT2D eigenvalue weighted by Crippen LogP contribution is -2.57. The summed E-state index contributed by atoms with van der Waals surface area (Å²) in [5.41, 5.74) is 6.70. The molecule has 19 heavy (non-hydrogen) atoms. The van der Waals surface area contributed by atoms with Crippen molar-refractivity contribution in [3.8, 4) is 0 Å². The highest BCUT2D eigenvalue weighted by atomic mass is 16.4. The van der Waals surface area contributed by atoms with E-state index in [0.717, 1.165) is 11.1 Å². The second-order valence-electron chi connectivity index (χ2n) is 5.48. The topological polar surface area (TPSA) is 83.6 Å². The van der Waals surface area contributed by atoms with Crippen LogP contribution < -0.4 is 5.73 Å². The molecular formula is C14H18N2O3. The van der Waals surface area contributed by atoms with Gasteiger partial charge in [-0.05, 0) is 25.0 Å². The molecule has 0 saturated heterocycles. The van der Waals surface area contributed by atoms with Gasteiger partial charge in [-0.3, -0.25) is 4.79 Å². The highest BCUT2D eigenvalue weighted by Gasteiger charge is 2.38. The number of fused-ring (bicyclic) bond motifs is 1. The summed E-state index contributed by atoms with van der Waals surface area (Å²) in [5.74, 6) is -1.33. The van der Waals surface area contributed by atoms with Gasteiger partial charge in [-0.1, -0.05) is 24.3 Å². The molecule has 2 rings (SSSR count). The number of carbonyl (C=O) groups excluding carboxylic acids is 1. The highest BCUT2D eigenvalue weighted by Crippen LogP contribution is 2.25. The van der Waals surface area contributed by atoms with Crippen LogP contribution in [0.3, 0.4) is 0 Å². The molecule has 0 unspecified atom stereocenters. The van der Waals surface area contributed by atoms with Gasteiger partial charge in [0.15, 0.2) is 0 Å². The van der Waals surface area contributed by atoms with Gasteiger partial charge in [0.1, 0.15) is 6.04 Å². The molecule has 0 radical (unpaired) electrons. The maximum atomic E-state index is 12.3. The summed E-state index contributed by atoms with van der Waals surface area (Å²) in [7, 11) is 0. The minimum atomic E-state index is -1.07. The van der Waals surface area contributed by atoms with E-state index in [9.17, 15) is 14.7 Å². The van der Waals surface area contributed by atoms with E-state index in [4.69, 9.17) is 5.73 Å². The van der Waals surface area contributed by atoms with E-state index in [2.05, 4.69) is 0 Å². The maximum Gasteiger partial charge on any atom is 0.326 e. The zero-order valence-corrected chi connectivity index (χ0v) is 11.1. The summed E-state index contributed by atoms with van der Waals surface area (Å²) >= 11 is 0. The number of nitrogens with zero attached hydrogens (tertiary/aromatic N) is 1. The molecule has 1 aliphatic rings. The Hall–Kier alpha value is -1.88. The Bertz CT molecular complexity index is 520. The third-order valence-corrected chi connectivity index (χ3v) is 3.35. The molecule has 1 amide bonds. The first-order chi connectivity index (χ1) is 8.80. The zero-order valence-electron chi connectivity index (χ0n) is 11.1. The number of rotatable bonds is 2. The lowest BCUT2D eigenvalue weighted by Gasteiger charge is -2.37. The van der Waals surface area contributed by atoms with Gasteiger partial charge in [0.05, 0.1) is 5.54 Å². The van der Waals surface area contributed by atoms with Crippen LogP contribution in [0.15, 0.2) is 24.3 Å². The van der Waals surface area contributed by atoms with Crippen LogP contribution >= 0.6 is 0 Å². The number of amides is 1. The summed E-state index contributed by atoms with van der Waals surface area (Å²) in [6.45, 7) is 3.48. The van der Waals surface area contributed by atoms with Gasteiger partial charge in [-0.2, -0.15) is 0 Å². The summed E-state index contributed by atoms with van der Waals surface area (Å²) < 4.78 is 0. The normalized spacial score (nSPS) is 18.9. The predicted molar refractivity (Wildman–Crippen MR) is 70.4 cm³/mol. The third-order valence-electron chi connectivity index (χ3n) is 3.35. The Morgan fingerprint density at radius 2 is 1.89 bits per heavy atom. The number of carbonyl (C=O) groups is 2. The van der Waals surface area contributed by atoms with Crippen molar-refractivity contribution >= 4 is 11.9 Å². The van der Waals surface area contributed by atoms with Crippen molar-refractivity contribution in [1.29, 1.82) is 0 Å². The standard InChI is InChI=1S/C14H18N2O3/c1-14(2,15)13(19)16-8-10-6-4-3-5-9(10)7-11(16)12(17)18/h3-6,11H,7-8,15H2,1-2H3,(H,17,18)/t11-/m1/s1. The number of nitrogens with two attached hydrogens (primary N) is 1. The molecular weight excluding hydrogens is 244 g/mol. The molecule has 1 heterocycles. The molecule has 0 aliphatic carbocycles. The molecule has 0 saturated carbocycles. The van der Waals surface area contributed by atoms with Crippen molar-refractivity contribution in [1.82, 2.24) is 4.90 Å². The molecule has 3 N–H and O–H groups in total. The Kier molecular flexibility index (Phi) is 3.32. The molecule has 102 valence electrons. The summed E-state index contributed by atoms with van der Waals surface area (Å²) in [5, 5.41) is 9.31. The Balaban J connectivity index is 2.37. The van der Waals surface area contributed by atoms with Crippen LogP contribution in [0.1, 0.15) is 25.0 Å². The monoisotopic (exact) mass is 262 g/mol. The van der Waals surface area contributed by atoms with Gasteiger partial charge in [0, 0.05) is 13.0 Å². The van der Waals surface area contributed by atoms with E-state index in [-0.39, 0.29) is 5.91 Å². The quantitative estimate of drug-likeness (QED) is 0.824. The van der Waals surface area contributed by atoms with E-state index in [1.54, 1.807) is 13.8 Å².